The molecule has 1 aromatic rings. The number of aromatic nitrogens is 1. The van der Waals surface area contributed by atoms with Gasteiger partial charge in [-0.25, -0.2) is 0 Å². The fourth-order valence-corrected chi connectivity index (χ4v) is 1.65. The van der Waals surface area contributed by atoms with Gasteiger partial charge in [-0.2, -0.15) is 11.8 Å². The number of nitrogen functional groups attached to an aromatic ring is 1. The second-order valence-corrected chi connectivity index (χ2v) is 4.05. The van der Waals surface area contributed by atoms with Crippen LogP contribution in [0.3, 0.4) is 0 Å². The molecule has 2 N–H and O–H groups in total. The second kappa shape index (κ2) is 4.97. The standard InChI is InChI=1S/C9H14N2OS/c1-2-13-7-6-11-5-3-4-8(10)9(11)12/h3-5H,2,6-7,10H2,1H3. The molecule has 1 aromatic heterocycles. The molecule has 0 spiro atoms. The number of rotatable bonds is 4. The molecule has 0 amide bonds. The number of hydrogen-bond acceptors (Lipinski definition) is 3. The Morgan fingerprint density at radius 2 is 2.38 bits per heavy atom. The molecule has 0 aliphatic carbocycles. The third-order valence-electron chi connectivity index (χ3n) is 1.73. The first-order valence-electron chi connectivity index (χ1n) is 4.28. The van der Waals surface area contributed by atoms with Crippen molar-refractivity contribution in [1.29, 1.82) is 0 Å². The van der Waals surface area contributed by atoms with E-state index in [0.29, 0.717) is 5.69 Å². The third-order valence-corrected chi connectivity index (χ3v) is 2.61. The van der Waals surface area contributed by atoms with Gasteiger partial charge in [0.15, 0.2) is 0 Å². The maximum absolute atomic E-state index is 11.4. The normalized spacial score (nSPS) is 10.2. The topological polar surface area (TPSA) is 48.0 Å². The van der Waals surface area contributed by atoms with E-state index in [1.807, 2.05) is 11.8 Å². The van der Waals surface area contributed by atoms with Gasteiger partial charge in [0.05, 0.1) is 5.69 Å². The SMILES string of the molecule is CCSCCn1cccc(N)c1=O. The molecule has 1 rings (SSSR count). The summed E-state index contributed by atoms with van der Waals surface area (Å²) in [5, 5.41) is 0. The smallest absolute Gasteiger partial charge is 0.273 e. The van der Waals surface area contributed by atoms with E-state index in [1.54, 1.807) is 22.9 Å². The molecule has 0 aliphatic rings. The molecule has 4 heteroatoms. The summed E-state index contributed by atoms with van der Waals surface area (Å²) >= 11 is 1.82. The highest BCUT2D eigenvalue weighted by Gasteiger charge is 1.97. The van der Waals surface area contributed by atoms with Crippen LogP contribution in [0.4, 0.5) is 5.69 Å². The lowest BCUT2D eigenvalue weighted by molar-refractivity contribution is 0.738. The number of pyridine rings is 1. The molecular weight excluding hydrogens is 184 g/mol. The maximum atomic E-state index is 11.4. The number of aryl methyl sites for hydroxylation is 1. The van der Waals surface area contributed by atoms with Gasteiger partial charge in [-0.1, -0.05) is 6.92 Å². The van der Waals surface area contributed by atoms with E-state index >= 15 is 0 Å². The molecule has 0 aromatic carbocycles. The predicted octanol–water partition coefficient (Wildman–Crippen LogP) is 1.18. The van der Waals surface area contributed by atoms with E-state index in [2.05, 4.69) is 6.92 Å². The second-order valence-electron chi connectivity index (χ2n) is 2.66. The highest BCUT2D eigenvalue weighted by Crippen LogP contribution is 1.99. The zero-order valence-corrected chi connectivity index (χ0v) is 8.51. The molecule has 0 aliphatic heterocycles. The summed E-state index contributed by atoms with van der Waals surface area (Å²) in [5.41, 5.74) is 5.72. The van der Waals surface area contributed by atoms with Gasteiger partial charge in [0.1, 0.15) is 0 Å². The van der Waals surface area contributed by atoms with E-state index in [4.69, 9.17) is 5.73 Å². The molecule has 72 valence electrons. The summed E-state index contributed by atoms with van der Waals surface area (Å²) in [6.07, 6.45) is 1.77. The van der Waals surface area contributed by atoms with Gasteiger partial charge in [0.25, 0.3) is 5.56 Å². The lowest BCUT2D eigenvalue weighted by Crippen LogP contribution is -2.22. The van der Waals surface area contributed by atoms with Crippen LogP contribution >= 0.6 is 11.8 Å². The van der Waals surface area contributed by atoms with Crippen LogP contribution in [0.2, 0.25) is 0 Å². The zero-order valence-electron chi connectivity index (χ0n) is 7.69. The van der Waals surface area contributed by atoms with Crippen LogP contribution in [0.5, 0.6) is 0 Å². The Labute approximate surface area is 81.9 Å². The molecule has 13 heavy (non-hydrogen) atoms. The average molecular weight is 198 g/mol. The van der Waals surface area contributed by atoms with Gasteiger partial charge in [-0.15, -0.1) is 0 Å². The molecule has 0 fully saturated rings. The monoisotopic (exact) mass is 198 g/mol. The number of anilines is 1. The highest BCUT2D eigenvalue weighted by atomic mass is 32.2. The van der Waals surface area contributed by atoms with Crippen LogP contribution in [0, 0.1) is 0 Å². The maximum Gasteiger partial charge on any atom is 0.273 e. The highest BCUT2D eigenvalue weighted by molar-refractivity contribution is 7.99. The average Bonchev–Trinajstić information content (AvgIpc) is 2.13. The van der Waals surface area contributed by atoms with Crippen molar-refractivity contribution < 1.29 is 0 Å². The molecule has 0 saturated carbocycles. The molecule has 0 radical (unpaired) electrons. The first-order valence-corrected chi connectivity index (χ1v) is 5.44. The van der Waals surface area contributed by atoms with Crippen molar-refractivity contribution in [2.45, 2.75) is 13.5 Å². The van der Waals surface area contributed by atoms with Crippen LogP contribution < -0.4 is 11.3 Å². The van der Waals surface area contributed by atoms with Crippen LogP contribution in [0.1, 0.15) is 6.92 Å². The van der Waals surface area contributed by atoms with E-state index < -0.39 is 0 Å². The Hall–Kier alpha value is -0.900. The molecule has 1 heterocycles. The zero-order chi connectivity index (χ0) is 9.68. The number of thioether (sulfide) groups is 1. The van der Waals surface area contributed by atoms with Gasteiger partial charge in [0, 0.05) is 18.5 Å². The Morgan fingerprint density at radius 1 is 1.62 bits per heavy atom. The number of nitrogens with two attached hydrogens (primary N) is 1. The summed E-state index contributed by atoms with van der Waals surface area (Å²) in [7, 11) is 0. The van der Waals surface area contributed by atoms with Crippen LogP contribution in [-0.2, 0) is 6.54 Å². The molecule has 0 unspecified atom stereocenters. The van der Waals surface area contributed by atoms with Crippen LogP contribution in [0.15, 0.2) is 23.1 Å². The molecule has 3 nitrogen and oxygen atoms in total. The fraction of sp³-hybridized carbons (Fsp3) is 0.444. The van der Waals surface area contributed by atoms with Crippen molar-refractivity contribution in [2.75, 3.05) is 17.2 Å². The van der Waals surface area contributed by atoms with Crippen molar-refractivity contribution in [2.24, 2.45) is 0 Å². The van der Waals surface area contributed by atoms with Gasteiger partial charge in [0.2, 0.25) is 0 Å². The van der Waals surface area contributed by atoms with Gasteiger partial charge in [-0.05, 0) is 17.9 Å². The minimum atomic E-state index is -0.0841. The largest absolute Gasteiger partial charge is 0.394 e. The molecule has 0 bridgehead atoms. The van der Waals surface area contributed by atoms with Gasteiger partial charge in [-0.3, -0.25) is 4.79 Å². The minimum Gasteiger partial charge on any atom is -0.394 e. The molecule has 0 saturated heterocycles. The lowest BCUT2D eigenvalue weighted by atomic mass is 10.4. The first kappa shape index (κ1) is 10.2. The molecule has 0 atom stereocenters. The van der Waals surface area contributed by atoms with Gasteiger partial charge < -0.3 is 10.3 Å². The van der Waals surface area contributed by atoms with Crippen molar-refractivity contribution in [3.63, 3.8) is 0 Å². The summed E-state index contributed by atoms with van der Waals surface area (Å²) in [5.74, 6) is 2.04. The van der Waals surface area contributed by atoms with Crippen LogP contribution in [-0.4, -0.2) is 16.1 Å². The number of hydrogen-bond donors (Lipinski definition) is 1. The molecular formula is C9H14N2OS. The van der Waals surface area contributed by atoms with Crippen LogP contribution in [0.25, 0.3) is 0 Å². The van der Waals surface area contributed by atoms with Crippen molar-refractivity contribution in [3.05, 3.63) is 28.7 Å². The van der Waals surface area contributed by atoms with E-state index in [0.717, 1.165) is 18.1 Å². The summed E-state index contributed by atoms with van der Waals surface area (Å²) < 4.78 is 1.65. The fourth-order valence-electron chi connectivity index (χ4n) is 1.04. The summed E-state index contributed by atoms with van der Waals surface area (Å²) in [6, 6.07) is 3.43. The Kier molecular flexibility index (Phi) is 3.89. The Morgan fingerprint density at radius 3 is 3.08 bits per heavy atom. The van der Waals surface area contributed by atoms with E-state index in [1.165, 1.54) is 0 Å². The summed E-state index contributed by atoms with van der Waals surface area (Å²) in [6.45, 7) is 2.84. The Bertz CT molecular complexity index is 322. The summed E-state index contributed by atoms with van der Waals surface area (Å²) in [4.78, 5) is 11.4. The van der Waals surface area contributed by atoms with E-state index in [-0.39, 0.29) is 5.56 Å². The lowest BCUT2D eigenvalue weighted by Gasteiger charge is -2.04. The van der Waals surface area contributed by atoms with Gasteiger partial charge >= 0.3 is 0 Å². The quantitative estimate of drug-likeness (QED) is 0.739. The number of nitrogens with zero attached hydrogens (tertiary/aromatic N) is 1. The van der Waals surface area contributed by atoms with E-state index in [9.17, 15) is 4.79 Å². The predicted molar refractivity (Wildman–Crippen MR) is 58.1 cm³/mol. The Balaban J connectivity index is 2.67. The first-order chi connectivity index (χ1) is 6.25. The minimum absolute atomic E-state index is 0.0841. The third kappa shape index (κ3) is 2.81. The van der Waals surface area contributed by atoms with Crippen molar-refractivity contribution in [1.82, 2.24) is 4.57 Å². The van der Waals surface area contributed by atoms with Crippen molar-refractivity contribution >= 4 is 17.4 Å². The van der Waals surface area contributed by atoms with Crippen molar-refractivity contribution in [3.8, 4) is 0 Å².